The van der Waals surface area contributed by atoms with Crippen molar-refractivity contribution in [2.75, 3.05) is 19.7 Å². The highest BCUT2D eigenvalue weighted by atomic mass is 35.5. The van der Waals surface area contributed by atoms with Gasteiger partial charge in [0, 0.05) is 12.6 Å². The van der Waals surface area contributed by atoms with Gasteiger partial charge in [0.25, 0.3) is 5.91 Å². The molecular weight excluding hydrogens is 292 g/mol. The normalized spacial score (nSPS) is 23.2. The van der Waals surface area contributed by atoms with E-state index in [4.69, 9.17) is 9.47 Å². The van der Waals surface area contributed by atoms with Crippen LogP contribution < -0.4 is 20.1 Å². The molecule has 2 heterocycles. The molecule has 1 saturated heterocycles. The van der Waals surface area contributed by atoms with E-state index in [1.807, 2.05) is 24.3 Å². The minimum absolute atomic E-state index is 0. The summed E-state index contributed by atoms with van der Waals surface area (Å²) >= 11 is 0. The second-order valence-corrected chi connectivity index (χ2v) is 5.24. The predicted octanol–water partition coefficient (Wildman–Crippen LogP) is 1.51. The lowest BCUT2D eigenvalue weighted by Crippen LogP contribution is -2.44. The van der Waals surface area contributed by atoms with E-state index in [2.05, 4.69) is 10.6 Å². The van der Waals surface area contributed by atoms with Crippen LogP contribution >= 0.6 is 12.4 Å². The van der Waals surface area contributed by atoms with Gasteiger partial charge in [-0.05, 0) is 37.9 Å². The van der Waals surface area contributed by atoms with Gasteiger partial charge in [-0.15, -0.1) is 12.4 Å². The molecule has 1 amide bonds. The summed E-state index contributed by atoms with van der Waals surface area (Å²) in [4.78, 5) is 12.0. The molecule has 0 saturated carbocycles. The van der Waals surface area contributed by atoms with Crippen LogP contribution in [0.2, 0.25) is 0 Å². The van der Waals surface area contributed by atoms with Gasteiger partial charge in [-0.1, -0.05) is 12.1 Å². The number of hydrogen-bond acceptors (Lipinski definition) is 4. The first-order chi connectivity index (χ1) is 9.83. The fraction of sp³-hybridized carbons (Fsp3) is 0.533. The summed E-state index contributed by atoms with van der Waals surface area (Å²) in [7, 11) is 0. The Morgan fingerprint density at radius 2 is 2.14 bits per heavy atom. The van der Waals surface area contributed by atoms with Crippen molar-refractivity contribution in [1.29, 1.82) is 0 Å². The Kier molecular flexibility index (Phi) is 5.70. The monoisotopic (exact) mass is 312 g/mol. The van der Waals surface area contributed by atoms with Crippen LogP contribution in [-0.4, -0.2) is 37.7 Å². The van der Waals surface area contributed by atoms with Crippen molar-refractivity contribution in [3.05, 3.63) is 24.3 Å². The van der Waals surface area contributed by atoms with Crippen molar-refractivity contribution in [3.8, 4) is 11.5 Å². The lowest BCUT2D eigenvalue weighted by atomic mass is 10.1. The smallest absolute Gasteiger partial charge is 0.264 e. The highest BCUT2D eigenvalue weighted by Crippen LogP contribution is 2.30. The maximum Gasteiger partial charge on any atom is 0.264 e. The van der Waals surface area contributed by atoms with Gasteiger partial charge >= 0.3 is 0 Å². The zero-order valence-electron chi connectivity index (χ0n) is 11.8. The second-order valence-electron chi connectivity index (χ2n) is 5.24. The van der Waals surface area contributed by atoms with E-state index >= 15 is 0 Å². The lowest BCUT2D eigenvalue weighted by Gasteiger charge is -2.25. The maximum absolute atomic E-state index is 12.0. The zero-order chi connectivity index (χ0) is 13.8. The summed E-state index contributed by atoms with van der Waals surface area (Å²) in [6.07, 6.45) is 2.85. The van der Waals surface area contributed by atoms with Gasteiger partial charge in [0.05, 0.1) is 0 Å². The van der Waals surface area contributed by atoms with E-state index in [0.717, 1.165) is 13.0 Å². The summed E-state index contributed by atoms with van der Waals surface area (Å²) in [5.74, 6) is 1.24. The molecule has 3 rings (SSSR count). The van der Waals surface area contributed by atoms with Crippen LogP contribution in [0.4, 0.5) is 0 Å². The van der Waals surface area contributed by atoms with Crippen molar-refractivity contribution in [1.82, 2.24) is 10.6 Å². The molecule has 1 fully saturated rings. The molecule has 5 nitrogen and oxygen atoms in total. The second kappa shape index (κ2) is 7.52. The van der Waals surface area contributed by atoms with Crippen LogP contribution in [0.3, 0.4) is 0 Å². The largest absolute Gasteiger partial charge is 0.485 e. The molecule has 2 aliphatic rings. The van der Waals surface area contributed by atoms with E-state index in [0.29, 0.717) is 24.1 Å². The van der Waals surface area contributed by atoms with Crippen LogP contribution in [0.15, 0.2) is 24.3 Å². The van der Waals surface area contributed by atoms with E-state index < -0.39 is 6.10 Å². The van der Waals surface area contributed by atoms with Crippen molar-refractivity contribution >= 4 is 18.3 Å². The predicted molar refractivity (Wildman–Crippen MR) is 82.3 cm³/mol. The number of benzene rings is 1. The number of amides is 1. The summed E-state index contributed by atoms with van der Waals surface area (Å²) in [5, 5.41) is 6.34. The minimum atomic E-state index is -0.554. The molecule has 2 N–H and O–H groups in total. The van der Waals surface area contributed by atoms with Crippen molar-refractivity contribution < 1.29 is 14.3 Å². The average Bonchev–Trinajstić information content (AvgIpc) is 3.00. The molecule has 0 aliphatic carbocycles. The Labute approximate surface area is 130 Å². The van der Waals surface area contributed by atoms with Gasteiger partial charge in [-0.3, -0.25) is 4.79 Å². The number of halogens is 1. The quantitative estimate of drug-likeness (QED) is 0.885. The maximum atomic E-state index is 12.0. The Balaban J connectivity index is 0.00000161. The molecule has 0 bridgehead atoms. The molecule has 2 aliphatic heterocycles. The average molecular weight is 313 g/mol. The molecular formula is C15H21ClN2O3. The summed E-state index contributed by atoms with van der Waals surface area (Å²) < 4.78 is 11.2. The zero-order valence-corrected chi connectivity index (χ0v) is 12.7. The molecule has 0 spiro atoms. The van der Waals surface area contributed by atoms with Crippen LogP contribution in [0, 0.1) is 0 Å². The summed E-state index contributed by atoms with van der Waals surface area (Å²) in [6, 6.07) is 7.96. The van der Waals surface area contributed by atoms with Crippen molar-refractivity contribution in [2.24, 2.45) is 0 Å². The Morgan fingerprint density at radius 3 is 2.90 bits per heavy atom. The van der Waals surface area contributed by atoms with Crippen LogP contribution in [-0.2, 0) is 4.79 Å². The van der Waals surface area contributed by atoms with Gasteiger partial charge in [0.15, 0.2) is 11.5 Å². The standard InChI is InChI=1S/C15H20N2O3.ClH/c18-15(17-9-7-11-4-3-8-16-11)14-10-19-12-5-1-2-6-13(12)20-14;/h1-2,5-6,11,14,16H,3-4,7-10H2,(H,17,18);1H/t11-,14?;/m1./s1. The molecule has 2 atom stereocenters. The third-order valence-electron chi connectivity index (χ3n) is 3.76. The fourth-order valence-corrected chi connectivity index (χ4v) is 2.64. The SMILES string of the molecule is Cl.O=C(NCC[C@H]1CCCN1)C1COc2ccccc2O1. The topological polar surface area (TPSA) is 59.6 Å². The first-order valence-corrected chi connectivity index (χ1v) is 7.22. The molecule has 1 aromatic rings. The highest BCUT2D eigenvalue weighted by Gasteiger charge is 2.27. The fourth-order valence-electron chi connectivity index (χ4n) is 2.64. The first-order valence-electron chi connectivity index (χ1n) is 7.22. The third-order valence-corrected chi connectivity index (χ3v) is 3.76. The Bertz CT molecular complexity index is 478. The van der Waals surface area contributed by atoms with Gasteiger partial charge in [-0.2, -0.15) is 0 Å². The van der Waals surface area contributed by atoms with Crippen LogP contribution in [0.5, 0.6) is 11.5 Å². The van der Waals surface area contributed by atoms with E-state index in [9.17, 15) is 4.79 Å². The van der Waals surface area contributed by atoms with Gasteiger partial charge in [-0.25, -0.2) is 0 Å². The molecule has 6 heteroatoms. The van der Waals surface area contributed by atoms with Crippen LogP contribution in [0.1, 0.15) is 19.3 Å². The van der Waals surface area contributed by atoms with Crippen LogP contribution in [0.25, 0.3) is 0 Å². The van der Waals surface area contributed by atoms with Gasteiger partial charge < -0.3 is 20.1 Å². The van der Waals surface area contributed by atoms with Crippen molar-refractivity contribution in [3.63, 3.8) is 0 Å². The lowest BCUT2D eigenvalue weighted by molar-refractivity contribution is -0.130. The number of carbonyl (C=O) groups excluding carboxylic acids is 1. The van der Waals surface area contributed by atoms with Gasteiger partial charge in [0.2, 0.25) is 6.10 Å². The van der Waals surface area contributed by atoms with Gasteiger partial charge in [0.1, 0.15) is 6.61 Å². The molecule has 0 radical (unpaired) electrons. The number of para-hydroxylation sites is 2. The number of carbonyl (C=O) groups is 1. The molecule has 1 aromatic carbocycles. The number of ether oxygens (including phenoxy) is 2. The summed E-state index contributed by atoms with van der Waals surface area (Å²) in [5.41, 5.74) is 0. The molecule has 116 valence electrons. The molecule has 0 aromatic heterocycles. The number of nitrogens with one attached hydrogen (secondary N) is 2. The Morgan fingerprint density at radius 1 is 1.33 bits per heavy atom. The first kappa shape index (κ1) is 15.9. The highest BCUT2D eigenvalue weighted by molar-refractivity contribution is 5.85. The molecule has 21 heavy (non-hydrogen) atoms. The van der Waals surface area contributed by atoms with E-state index in [1.54, 1.807) is 0 Å². The number of fused-ring (bicyclic) bond motifs is 1. The number of rotatable bonds is 4. The Hall–Kier alpha value is -1.46. The number of hydrogen-bond donors (Lipinski definition) is 2. The van der Waals surface area contributed by atoms with E-state index in [1.165, 1.54) is 12.8 Å². The van der Waals surface area contributed by atoms with E-state index in [-0.39, 0.29) is 24.9 Å². The summed E-state index contributed by atoms with van der Waals surface area (Å²) in [6.45, 7) is 2.04. The third kappa shape index (κ3) is 4.02. The molecule has 1 unspecified atom stereocenters. The van der Waals surface area contributed by atoms with Crippen molar-refractivity contribution in [2.45, 2.75) is 31.4 Å². The minimum Gasteiger partial charge on any atom is -0.485 e.